The van der Waals surface area contributed by atoms with Gasteiger partial charge in [-0.2, -0.15) is 0 Å². The fourth-order valence-corrected chi connectivity index (χ4v) is 4.64. The zero-order valence-electron chi connectivity index (χ0n) is 22.7. The third-order valence-corrected chi connectivity index (χ3v) is 6.93. The van der Waals surface area contributed by atoms with Gasteiger partial charge in [-0.3, -0.25) is 4.90 Å². The summed E-state index contributed by atoms with van der Waals surface area (Å²) in [5.41, 5.74) is 8.08. The Morgan fingerprint density at radius 2 is 1.22 bits per heavy atom. The van der Waals surface area contributed by atoms with Gasteiger partial charge in [0.25, 0.3) is 0 Å². The van der Waals surface area contributed by atoms with Gasteiger partial charge in [-0.1, -0.05) is 90.1 Å². The molecule has 0 bridgehead atoms. The van der Waals surface area contributed by atoms with Crippen LogP contribution in [-0.2, 0) is 10.8 Å². The second kappa shape index (κ2) is 9.47. The monoisotopic (exact) mass is 483 g/mol. The Morgan fingerprint density at radius 3 is 1.76 bits per heavy atom. The van der Waals surface area contributed by atoms with Gasteiger partial charge in [0.2, 0.25) is 0 Å². The lowest BCUT2D eigenvalue weighted by molar-refractivity contribution is 0.590. The number of aromatic nitrogens is 1. The molecule has 2 nitrogen and oxygen atoms in total. The lowest BCUT2D eigenvalue weighted by Gasteiger charge is -2.27. The van der Waals surface area contributed by atoms with Crippen molar-refractivity contribution in [3.05, 3.63) is 132 Å². The number of anilines is 2. The van der Waals surface area contributed by atoms with E-state index in [2.05, 4.69) is 137 Å². The summed E-state index contributed by atoms with van der Waals surface area (Å²) >= 11 is 0. The van der Waals surface area contributed by atoms with Crippen LogP contribution in [0, 0.1) is 6.08 Å². The first-order chi connectivity index (χ1) is 17.6. The number of fused-ring (bicyclic) bond motifs is 1. The van der Waals surface area contributed by atoms with Crippen LogP contribution in [0.15, 0.2) is 109 Å². The van der Waals surface area contributed by atoms with Gasteiger partial charge in [-0.25, -0.2) is 4.98 Å². The molecule has 5 rings (SSSR count). The van der Waals surface area contributed by atoms with Crippen LogP contribution in [0.4, 0.5) is 11.4 Å². The lowest BCUT2D eigenvalue weighted by atomic mass is 9.86. The van der Waals surface area contributed by atoms with E-state index < -0.39 is 0 Å². The van der Waals surface area contributed by atoms with Gasteiger partial charge in [0.15, 0.2) is 11.3 Å². The fraction of sp³-hybridized carbons (Fsp3) is 0.229. The number of nitrogens with zero attached hydrogens (tertiary/aromatic N) is 2. The van der Waals surface area contributed by atoms with Crippen LogP contribution in [0.25, 0.3) is 16.3 Å². The molecule has 0 radical (unpaired) electrons. The van der Waals surface area contributed by atoms with E-state index >= 15 is 0 Å². The second-order valence-corrected chi connectivity index (χ2v) is 11.8. The first-order valence-corrected chi connectivity index (χ1v) is 13.0. The summed E-state index contributed by atoms with van der Waals surface area (Å²) in [4.78, 5) is 7.07. The average molecular weight is 484 g/mol. The van der Waals surface area contributed by atoms with Crippen molar-refractivity contribution in [2.24, 2.45) is 0 Å². The van der Waals surface area contributed by atoms with Crippen molar-refractivity contribution in [1.29, 1.82) is 0 Å². The molecule has 2 heteroatoms. The molecule has 0 aliphatic heterocycles. The maximum Gasteiger partial charge on any atom is 0.176 e. The zero-order valence-corrected chi connectivity index (χ0v) is 22.7. The smallest absolute Gasteiger partial charge is 0.176 e. The summed E-state index contributed by atoms with van der Waals surface area (Å²) in [5.74, 6) is 0. The third kappa shape index (κ3) is 5.26. The van der Waals surface area contributed by atoms with Crippen LogP contribution in [0.3, 0.4) is 0 Å². The average Bonchev–Trinajstić information content (AvgIpc) is 2.88. The second-order valence-electron chi connectivity index (χ2n) is 11.8. The summed E-state index contributed by atoms with van der Waals surface area (Å²) in [6.07, 6.45) is 11.7. The molecule has 37 heavy (non-hydrogen) atoms. The van der Waals surface area contributed by atoms with Crippen LogP contribution in [0.1, 0.15) is 58.4 Å². The molecule has 0 fully saturated rings. The van der Waals surface area contributed by atoms with Gasteiger partial charge in [-0.05, 0) is 51.6 Å². The quantitative estimate of drug-likeness (QED) is 0.269. The molecule has 0 amide bonds. The Hall–Kier alpha value is -4.00. The molecule has 184 valence electrons. The first kappa shape index (κ1) is 24.7. The molecule has 0 saturated carbocycles. The number of hydrogen-bond donors (Lipinski definition) is 0. The van der Waals surface area contributed by atoms with E-state index in [0.717, 1.165) is 33.7 Å². The topological polar surface area (TPSA) is 16.1 Å². The normalized spacial score (nSPS) is 13.7. The van der Waals surface area contributed by atoms with Crippen molar-refractivity contribution in [2.75, 3.05) is 4.90 Å². The van der Waals surface area contributed by atoms with Crippen molar-refractivity contribution in [1.82, 2.24) is 4.98 Å². The molecule has 0 spiro atoms. The molecule has 3 aromatic carbocycles. The first-order valence-electron chi connectivity index (χ1n) is 13.0. The van der Waals surface area contributed by atoms with E-state index in [1.165, 1.54) is 16.5 Å². The highest BCUT2D eigenvalue weighted by atomic mass is 15.1. The minimum Gasteiger partial charge on any atom is -0.294 e. The number of rotatable bonds is 4. The highest BCUT2D eigenvalue weighted by Gasteiger charge is 2.23. The number of allylic oxidation sites excluding steroid dienone is 5. The van der Waals surface area contributed by atoms with Crippen molar-refractivity contribution in [3.8, 4) is 0 Å². The van der Waals surface area contributed by atoms with Crippen LogP contribution >= 0.6 is 0 Å². The Kier molecular flexibility index (Phi) is 6.31. The van der Waals surface area contributed by atoms with Gasteiger partial charge in [-0.15, -0.1) is 0 Å². The Morgan fingerprint density at radius 1 is 0.676 bits per heavy atom. The van der Waals surface area contributed by atoms with Gasteiger partial charge >= 0.3 is 0 Å². The maximum atomic E-state index is 4.75. The SMILES string of the molecule is CC(C)(C)c1ccc(N(C2=CC(c3cc4ccccc4cn3)=[C+]C=C2)c2ccc(C(C)(C)C)cc2)cc1. The van der Waals surface area contributed by atoms with E-state index in [4.69, 9.17) is 4.98 Å². The summed E-state index contributed by atoms with van der Waals surface area (Å²) in [6, 6.07) is 28.4. The minimum atomic E-state index is 0.106. The Bertz CT molecular complexity index is 1450. The number of hydrogen-bond acceptors (Lipinski definition) is 2. The lowest BCUT2D eigenvalue weighted by Crippen LogP contribution is -2.18. The zero-order chi connectivity index (χ0) is 26.2. The molecule has 1 heterocycles. The predicted molar refractivity (Wildman–Crippen MR) is 158 cm³/mol. The summed E-state index contributed by atoms with van der Waals surface area (Å²) in [5, 5.41) is 2.32. The van der Waals surface area contributed by atoms with Crippen molar-refractivity contribution in [3.63, 3.8) is 0 Å². The standard InChI is InChI=1S/C35H35N2/c1-34(2,3)28-14-18-30(19-15-28)37(31-20-16-29(17-21-31)35(4,5)6)32-13-9-12-26(22-32)33-23-25-10-7-8-11-27(25)24-36-33/h7-11,13-24H,1-6H3/q+1. The van der Waals surface area contributed by atoms with E-state index in [-0.39, 0.29) is 10.8 Å². The minimum absolute atomic E-state index is 0.106. The van der Waals surface area contributed by atoms with E-state index in [0.29, 0.717) is 0 Å². The number of pyridine rings is 1. The summed E-state index contributed by atoms with van der Waals surface area (Å²) in [6.45, 7) is 13.5. The summed E-state index contributed by atoms with van der Waals surface area (Å²) < 4.78 is 0. The van der Waals surface area contributed by atoms with Gasteiger partial charge < -0.3 is 0 Å². The van der Waals surface area contributed by atoms with Gasteiger partial charge in [0.1, 0.15) is 5.70 Å². The van der Waals surface area contributed by atoms with E-state index in [1.54, 1.807) is 0 Å². The Balaban J connectivity index is 1.58. The van der Waals surface area contributed by atoms with Crippen LogP contribution < -0.4 is 4.90 Å². The highest BCUT2D eigenvalue weighted by Crippen LogP contribution is 2.36. The molecule has 0 unspecified atom stereocenters. The molecule has 4 aromatic rings. The van der Waals surface area contributed by atoms with Gasteiger partial charge in [0.05, 0.1) is 12.2 Å². The molecule has 0 saturated heterocycles. The third-order valence-electron chi connectivity index (χ3n) is 6.93. The largest absolute Gasteiger partial charge is 0.294 e. The number of benzene rings is 3. The van der Waals surface area contributed by atoms with Crippen LogP contribution in [0.5, 0.6) is 0 Å². The molecule has 0 N–H and O–H groups in total. The Labute approximate surface area is 221 Å². The van der Waals surface area contributed by atoms with Crippen LogP contribution in [0.2, 0.25) is 0 Å². The molecule has 1 aliphatic carbocycles. The molecule has 1 aliphatic rings. The molecule has 0 atom stereocenters. The summed E-state index contributed by atoms with van der Waals surface area (Å²) in [7, 11) is 0. The van der Waals surface area contributed by atoms with Crippen molar-refractivity contribution < 1.29 is 0 Å². The molecular formula is C35H35N2+. The fourth-order valence-electron chi connectivity index (χ4n) is 4.64. The van der Waals surface area contributed by atoms with Gasteiger partial charge in [0, 0.05) is 41.2 Å². The predicted octanol–water partition coefficient (Wildman–Crippen LogP) is 9.31. The van der Waals surface area contributed by atoms with E-state index in [1.807, 2.05) is 18.3 Å². The van der Waals surface area contributed by atoms with Crippen molar-refractivity contribution in [2.45, 2.75) is 52.4 Å². The van der Waals surface area contributed by atoms with Crippen LogP contribution in [-0.4, -0.2) is 4.98 Å². The highest BCUT2D eigenvalue weighted by molar-refractivity contribution is 5.87. The van der Waals surface area contributed by atoms with E-state index in [9.17, 15) is 0 Å². The maximum absolute atomic E-state index is 4.75. The van der Waals surface area contributed by atoms with Crippen molar-refractivity contribution >= 4 is 27.7 Å². The molecule has 1 aromatic heterocycles. The molecular weight excluding hydrogens is 448 g/mol.